The highest BCUT2D eigenvalue weighted by atomic mass is 16.8. The molecule has 214 valence electrons. The van der Waals surface area contributed by atoms with Gasteiger partial charge in [-0.15, -0.1) is 5.06 Å². The molecule has 12 heteroatoms. The Kier molecular flexibility index (Phi) is 8.30. The largest absolute Gasteiger partial charge is 0.528 e. The standard InChI is InChI=1S/C29H30N4O8/c1-28(2,3)40-27(38)41-33-13-11-29(12-14-33,16-23(34)35)32-26(37)24-25(36)20-10-9-19(15-21(20)22(17-30)31-24)39-18-7-5-4-6-8-18/h4-10,15,36H,11-14,16H2,1-3H3,(H,32,37)(H,34,35). The van der Waals surface area contributed by atoms with Crippen LogP contribution in [0.4, 0.5) is 4.79 Å². The van der Waals surface area contributed by atoms with Crippen LogP contribution in [0.3, 0.4) is 0 Å². The lowest BCUT2D eigenvalue weighted by atomic mass is 9.84. The molecule has 4 rings (SSSR count). The van der Waals surface area contributed by atoms with Gasteiger partial charge in [0.25, 0.3) is 5.91 Å². The number of carboxylic acids is 1. The van der Waals surface area contributed by atoms with Crippen molar-refractivity contribution in [2.75, 3.05) is 13.1 Å². The Morgan fingerprint density at radius 2 is 1.76 bits per heavy atom. The fourth-order valence-corrected chi connectivity index (χ4v) is 4.53. The number of nitrogens with zero attached hydrogens (tertiary/aromatic N) is 3. The number of nitrogens with one attached hydrogen (secondary N) is 1. The molecule has 0 atom stereocenters. The van der Waals surface area contributed by atoms with E-state index in [1.807, 2.05) is 24.3 Å². The second-order valence-electron chi connectivity index (χ2n) is 10.7. The van der Waals surface area contributed by atoms with Crippen molar-refractivity contribution in [2.45, 2.75) is 51.2 Å². The normalized spacial score (nSPS) is 15.0. The number of nitriles is 1. The van der Waals surface area contributed by atoms with Crippen LogP contribution >= 0.6 is 0 Å². The third-order valence-electron chi connectivity index (χ3n) is 6.39. The minimum atomic E-state index is -1.22. The first-order valence-corrected chi connectivity index (χ1v) is 12.9. The van der Waals surface area contributed by atoms with E-state index in [0.717, 1.165) is 0 Å². The Labute approximate surface area is 236 Å². The number of rotatable bonds is 7. The van der Waals surface area contributed by atoms with Crippen LogP contribution in [-0.4, -0.2) is 62.5 Å². The van der Waals surface area contributed by atoms with Crippen molar-refractivity contribution in [1.29, 1.82) is 5.26 Å². The van der Waals surface area contributed by atoms with Gasteiger partial charge in [-0.25, -0.2) is 9.78 Å². The summed E-state index contributed by atoms with van der Waals surface area (Å²) in [6.45, 7) is 5.34. The average molecular weight is 563 g/mol. The van der Waals surface area contributed by atoms with Crippen LogP contribution in [0.25, 0.3) is 10.8 Å². The Balaban J connectivity index is 1.55. The zero-order valence-electron chi connectivity index (χ0n) is 22.8. The molecule has 0 radical (unpaired) electrons. The Morgan fingerprint density at radius 3 is 2.37 bits per heavy atom. The van der Waals surface area contributed by atoms with Crippen molar-refractivity contribution in [2.24, 2.45) is 0 Å². The van der Waals surface area contributed by atoms with Crippen molar-refractivity contribution in [3.8, 4) is 23.3 Å². The number of carbonyl (C=O) groups excluding carboxylic acids is 2. The second-order valence-corrected chi connectivity index (χ2v) is 10.7. The summed E-state index contributed by atoms with van der Waals surface area (Å²) in [5, 5.41) is 34.9. The molecular weight excluding hydrogens is 532 g/mol. The summed E-state index contributed by atoms with van der Waals surface area (Å²) >= 11 is 0. The zero-order chi connectivity index (χ0) is 29.8. The molecule has 3 aromatic rings. The van der Waals surface area contributed by atoms with E-state index in [9.17, 15) is 29.9 Å². The number of ether oxygens (including phenoxy) is 2. The van der Waals surface area contributed by atoms with E-state index in [1.165, 1.54) is 11.1 Å². The van der Waals surface area contributed by atoms with E-state index in [1.54, 1.807) is 45.0 Å². The predicted octanol–water partition coefficient (Wildman–Crippen LogP) is 4.51. The number of hydrogen-bond donors (Lipinski definition) is 3. The molecule has 0 aliphatic carbocycles. The Morgan fingerprint density at radius 1 is 1.07 bits per heavy atom. The topological polar surface area (TPSA) is 171 Å². The van der Waals surface area contributed by atoms with E-state index in [-0.39, 0.29) is 42.4 Å². The van der Waals surface area contributed by atoms with Crippen molar-refractivity contribution < 1.29 is 38.9 Å². The van der Waals surface area contributed by atoms with Crippen LogP contribution in [0, 0.1) is 11.3 Å². The molecule has 1 fully saturated rings. The number of hydrogen-bond acceptors (Lipinski definition) is 10. The summed E-state index contributed by atoms with van der Waals surface area (Å²) in [7, 11) is 0. The summed E-state index contributed by atoms with van der Waals surface area (Å²) < 4.78 is 11.0. The third-order valence-corrected chi connectivity index (χ3v) is 6.39. The SMILES string of the molecule is CC(C)(C)OC(=O)ON1CCC(CC(=O)O)(NC(=O)c2nc(C#N)c3cc(Oc4ccccc4)ccc3c2O)CC1. The van der Waals surface area contributed by atoms with Gasteiger partial charge in [0.05, 0.1) is 12.0 Å². The van der Waals surface area contributed by atoms with Crippen molar-refractivity contribution in [1.82, 2.24) is 15.4 Å². The minimum absolute atomic E-state index is 0.116. The molecule has 1 aliphatic rings. The molecule has 1 amide bonds. The van der Waals surface area contributed by atoms with E-state index >= 15 is 0 Å². The number of aromatic hydroxyl groups is 1. The second kappa shape index (κ2) is 11.7. The number of aromatic nitrogens is 1. The maximum Gasteiger partial charge on any atom is 0.528 e. The Bertz CT molecular complexity index is 1500. The number of aliphatic carboxylic acids is 1. The van der Waals surface area contributed by atoms with Gasteiger partial charge in [-0.1, -0.05) is 18.2 Å². The molecule has 2 aromatic carbocycles. The number of carboxylic acid groups (broad SMARTS) is 1. The van der Waals surface area contributed by atoms with Gasteiger partial charge in [-0.3, -0.25) is 9.59 Å². The van der Waals surface area contributed by atoms with Crippen LogP contribution in [-0.2, 0) is 14.4 Å². The van der Waals surface area contributed by atoms with Gasteiger partial charge in [-0.2, -0.15) is 5.26 Å². The number of para-hydroxylation sites is 1. The van der Waals surface area contributed by atoms with Gasteiger partial charge in [0.15, 0.2) is 11.4 Å². The van der Waals surface area contributed by atoms with Gasteiger partial charge in [0.1, 0.15) is 28.9 Å². The van der Waals surface area contributed by atoms with Gasteiger partial charge in [-0.05, 0) is 63.9 Å². The molecule has 0 unspecified atom stereocenters. The first-order chi connectivity index (χ1) is 19.4. The molecule has 0 saturated carbocycles. The van der Waals surface area contributed by atoms with Crippen LogP contribution < -0.4 is 10.1 Å². The first-order valence-electron chi connectivity index (χ1n) is 12.9. The van der Waals surface area contributed by atoms with Crippen LogP contribution in [0.15, 0.2) is 48.5 Å². The zero-order valence-corrected chi connectivity index (χ0v) is 22.8. The van der Waals surface area contributed by atoms with E-state index in [2.05, 4.69) is 10.3 Å². The highest BCUT2D eigenvalue weighted by molar-refractivity contribution is 6.03. The number of fused-ring (bicyclic) bond motifs is 1. The number of hydroxylamine groups is 2. The Hall–Kier alpha value is -4.89. The molecule has 0 spiro atoms. The fraction of sp³-hybridized carbons (Fsp3) is 0.345. The molecule has 0 bridgehead atoms. The molecule has 41 heavy (non-hydrogen) atoms. The van der Waals surface area contributed by atoms with Crippen LogP contribution in [0.2, 0.25) is 0 Å². The first kappa shape index (κ1) is 29.1. The van der Waals surface area contributed by atoms with E-state index in [0.29, 0.717) is 11.5 Å². The smallest absolute Gasteiger partial charge is 0.505 e. The van der Waals surface area contributed by atoms with Crippen molar-refractivity contribution in [3.05, 3.63) is 59.9 Å². The number of carbonyl (C=O) groups is 3. The van der Waals surface area contributed by atoms with Crippen molar-refractivity contribution >= 4 is 28.8 Å². The molecule has 2 heterocycles. The summed E-state index contributed by atoms with van der Waals surface area (Å²) in [4.78, 5) is 46.4. The van der Waals surface area contributed by atoms with Crippen LogP contribution in [0.5, 0.6) is 17.2 Å². The predicted molar refractivity (Wildman–Crippen MR) is 145 cm³/mol. The van der Waals surface area contributed by atoms with Gasteiger partial charge in [0.2, 0.25) is 0 Å². The number of piperidine rings is 1. The monoisotopic (exact) mass is 562 g/mol. The maximum absolute atomic E-state index is 13.4. The number of benzene rings is 2. The third kappa shape index (κ3) is 7.20. The lowest BCUT2D eigenvalue weighted by Gasteiger charge is -2.40. The van der Waals surface area contributed by atoms with Gasteiger partial charge in [0, 0.05) is 23.9 Å². The number of pyridine rings is 1. The molecule has 3 N–H and O–H groups in total. The highest BCUT2D eigenvalue weighted by Crippen LogP contribution is 2.35. The van der Waals surface area contributed by atoms with E-state index in [4.69, 9.17) is 14.3 Å². The molecular formula is C29H30N4O8. The van der Waals surface area contributed by atoms with Gasteiger partial charge < -0.3 is 29.8 Å². The summed E-state index contributed by atoms with van der Waals surface area (Å²) in [6.07, 6.45) is -1.07. The molecule has 12 nitrogen and oxygen atoms in total. The highest BCUT2D eigenvalue weighted by Gasteiger charge is 2.40. The summed E-state index contributed by atoms with van der Waals surface area (Å²) in [6, 6.07) is 15.6. The quantitative estimate of drug-likeness (QED) is 0.346. The average Bonchev–Trinajstić information content (AvgIpc) is 2.89. The lowest BCUT2D eigenvalue weighted by molar-refractivity contribution is -0.162. The summed E-state index contributed by atoms with van der Waals surface area (Å²) in [5.41, 5.74) is -2.50. The van der Waals surface area contributed by atoms with Crippen LogP contribution in [0.1, 0.15) is 56.2 Å². The molecule has 1 aromatic heterocycles. The summed E-state index contributed by atoms with van der Waals surface area (Å²) in [5.74, 6) is -1.47. The molecule has 1 saturated heterocycles. The fourth-order valence-electron chi connectivity index (χ4n) is 4.53. The lowest BCUT2D eigenvalue weighted by Crippen LogP contribution is -2.56. The maximum atomic E-state index is 13.4. The van der Waals surface area contributed by atoms with Gasteiger partial charge >= 0.3 is 12.1 Å². The number of amides is 1. The van der Waals surface area contributed by atoms with Crippen molar-refractivity contribution in [3.63, 3.8) is 0 Å². The van der Waals surface area contributed by atoms with E-state index < -0.39 is 47.0 Å². The molecule has 1 aliphatic heterocycles. The minimum Gasteiger partial charge on any atom is -0.505 e.